The molecule has 0 aliphatic heterocycles. The van der Waals surface area contributed by atoms with Gasteiger partial charge in [-0.25, -0.2) is 0 Å². The number of amides is 1. The number of rotatable bonds is 7. The van der Waals surface area contributed by atoms with Crippen molar-refractivity contribution >= 4 is 17.7 Å². The van der Waals surface area contributed by atoms with Crippen molar-refractivity contribution in [2.24, 2.45) is 7.05 Å². The standard InChI is InChI=1S/C19H21N5O4/c1-12-4-6-14(7-5-12)19-22-21-17(28-19)8-9-18(26)27-11-16(25)20-15-10-13(2)23-24(15)3/h4-7,10H,8-9,11H2,1-3H3,(H,20,25). The average molecular weight is 383 g/mol. The number of ether oxygens (including phenoxy) is 1. The first-order valence-electron chi connectivity index (χ1n) is 8.76. The van der Waals surface area contributed by atoms with Gasteiger partial charge in [0.1, 0.15) is 5.82 Å². The molecule has 2 aromatic heterocycles. The van der Waals surface area contributed by atoms with Crippen LogP contribution in [0.1, 0.15) is 23.6 Å². The van der Waals surface area contributed by atoms with Crippen molar-refractivity contribution in [3.05, 3.63) is 47.5 Å². The zero-order chi connectivity index (χ0) is 20.1. The molecule has 0 atom stereocenters. The minimum absolute atomic E-state index is 0.0353. The van der Waals surface area contributed by atoms with Crippen LogP contribution in [0.15, 0.2) is 34.7 Å². The highest BCUT2D eigenvalue weighted by Gasteiger charge is 2.13. The maximum Gasteiger partial charge on any atom is 0.306 e. The Morgan fingerprint density at radius 2 is 1.93 bits per heavy atom. The van der Waals surface area contributed by atoms with E-state index < -0.39 is 11.9 Å². The molecule has 28 heavy (non-hydrogen) atoms. The first-order valence-corrected chi connectivity index (χ1v) is 8.76. The molecule has 0 saturated carbocycles. The number of aryl methyl sites for hydroxylation is 4. The number of hydrogen-bond donors (Lipinski definition) is 1. The molecule has 0 fully saturated rings. The molecule has 1 N–H and O–H groups in total. The van der Waals surface area contributed by atoms with E-state index in [1.54, 1.807) is 13.1 Å². The number of carbonyl (C=O) groups excluding carboxylic acids is 2. The molecule has 3 rings (SSSR count). The number of anilines is 1. The van der Waals surface area contributed by atoms with Crippen LogP contribution >= 0.6 is 0 Å². The van der Waals surface area contributed by atoms with Gasteiger partial charge >= 0.3 is 5.97 Å². The van der Waals surface area contributed by atoms with Crippen LogP contribution in [0, 0.1) is 13.8 Å². The second kappa shape index (κ2) is 8.47. The molecule has 0 bridgehead atoms. The summed E-state index contributed by atoms with van der Waals surface area (Å²) < 4.78 is 12.1. The highest BCUT2D eigenvalue weighted by Crippen LogP contribution is 2.18. The summed E-state index contributed by atoms with van der Waals surface area (Å²) in [6.45, 7) is 3.44. The fourth-order valence-corrected chi connectivity index (χ4v) is 2.50. The Balaban J connectivity index is 1.43. The molecule has 3 aromatic rings. The topological polar surface area (TPSA) is 112 Å². The monoisotopic (exact) mass is 383 g/mol. The first kappa shape index (κ1) is 19.3. The second-order valence-corrected chi connectivity index (χ2v) is 6.37. The number of hydrogen-bond acceptors (Lipinski definition) is 7. The number of nitrogens with one attached hydrogen (secondary N) is 1. The Kier molecular flexibility index (Phi) is 5.83. The highest BCUT2D eigenvalue weighted by molar-refractivity contribution is 5.92. The van der Waals surface area contributed by atoms with Gasteiger partial charge in [0.15, 0.2) is 6.61 Å². The third-order valence-corrected chi connectivity index (χ3v) is 3.94. The van der Waals surface area contributed by atoms with Crippen molar-refractivity contribution in [3.63, 3.8) is 0 Å². The lowest BCUT2D eigenvalue weighted by atomic mass is 10.1. The predicted octanol–water partition coefficient (Wildman–Crippen LogP) is 2.20. The molecule has 0 radical (unpaired) electrons. The number of nitrogens with zero attached hydrogens (tertiary/aromatic N) is 4. The molecule has 1 amide bonds. The van der Waals surface area contributed by atoms with Gasteiger partial charge in [-0.05, 0) is 26.0 Å². The molecule has 0 unspecified atom stereocenters. The molecule has 0 aliphatic carbocycles. The number of benzene rings is 1. The van der Waals surface area contributed by atoms with Gasteiger partial charge in [-0.3, -0.25) is 14.3 Å². The van der Waals surface area contributed by atoms with Crippen LogP contribution in [-0.2, 0) is 27.8 Å². The maximum absolute atomic E-state index is 11.9. The zero-order valence-corrected chi connectivity index (χ0v) is 15.9. The third kappa shape index (κ3) is 5.03. The van der Waals surface area contributed by atoms with Gasteiger partial charge in [-0.1, -0.05) is 17.7 Å². The number of esters is 1. The van der Waals surface area contributed by atoms with E-state index in [2.05, 4.69) is 20.6 Å². The minimum atomic E-state index is -0.522. The zero-order valence-electron chi connectivity index (χ0n) is 15.9. The van der Waals surface area contributed by atoms with Gasteiger partial charge in [0, 0.05) is 25.1 Å². The first-order chi connectivity index (χ1) is 13.4. The SMILES string of the molecule is Cc1ccc(-c2nnc(CCC(=O)OCC(=O)Nc3cc(C)nn3C)o2)cc1. The summed E-state index contributed by atoms with van der Waals surface area (Å²) >= 11 is 0. The van der Waals surface area contributed by atoms with E-state index in [0.29, 0.717) is 17.6 Å². The van der Waals surface area contributed by atoms with Crippen LogP contribution in [0.2, 0.25) is 0 Å². The Labute approximate surface area is 161 Å². The molecular weight excluding hydrogens is 362 g/mol. The summed E-state index contributed by atoms with van der Waals surface area (Å²) in [5.74, 6) is 0.312. The molecule has 9 heteroatoms. The van der Waals surface area contributed by atoms with Crippen LogP contribution < -0.4 is 5.32 Å². The van der Waals surface area contributed by atoms with E-state index in [4.69, 9.17) is 9.15 Å². The summed E-state index contributed by atoms with van der Waals surface area (Å²) in [6, 6.07) is 9.41. The van der Waals surface area contributed by atoms with E-state index in [0.717, 1.165) is 16.8 Å². The average Bonchev–Trinajstić information content (AvgIpc) is 3.25. The predicted molar refractivity (Wildman–Crippen MR) is 100 cm³/mol. The minimum Gasteiger partial charge on any atom is -0.456 e. The van der Waals surface area contributed by atoms with Crippen molar-refractivity contribution < 1.29 is 18.7 Å². The van der Waals surface area contributed by atoms with Gasteiger partial charge in [-0.2, -0.15) is 5.10 Å². The maximum atomic E-state index is 11.9. The van der Waals surface area contributed by atoms with Gasteiger partial charge in [0.2, 0.25) is 11.8 Å². The van der Waals surface area contributed by atoms with Gasteiger partial charge in [0.05, 0.1) is 12.1 Å². The van der Waals surface area contributed by atoms with E-state index in [9.17, 15) is 9.59 Å². The molecular formula is C19H21N5O4. The lowest BCUT2D eigenvalue weighted by molar-refractivity contribution is -0.147. The Hall–Kier alpha value is -3.49. The van der Waals surface area contributed by atoms with Gasteiger partial charge in [-0.15, -0.1) is 10.2 Å². The Bertz CT molecular complexity index is 975. The van der Waals surface area contributed by atoms with Crippen LogP contribution in [-0.4, -0.2) is 38.5 Å². The van der Waals surface area contributed by atoms with Crippen molar-refractivity contribution in [1.29, 1.82) is 0 Å². The Morgan fingerprint density at radius 1 is 1.18 bits per heavy atom. The van der Waals surface area contributed by atoms with Crippen molar-refractivity contribution in [2.45, 2.75) is 26.7 Å². The van der Waals surface area contributed by atoms with Crippen LogP contribution in [0.25, 0.3) is 11.5 Å². The van der Waals surface area contributed by atoms with Crippen LogP contribution in [0.4, 0.5) is 5.82 Å². The fraction of sp³-hybridized carbons (Fsp3) is 0.316. The normalized spacial score (nSPS) is 10.7. The quantitative estimate of drug-likeness (QED) is 0.622. The Morgan fingerprint density at radius 3 is 2.61 bits per heavy atom. The van der Waals surface area contributed by atoms with Crippen LogP contribution in [0.3, 0.4) is 0 Å². The van der Waals surface area contributed by atoms with E-state index in [1.165, 1.54) is 4.68 Å². The molecule has 9 nitrogen and oxygen atoms in total. The summed E-state index contributed by atoms with van der Waals surface area (Å²) in [7, 11) is 1.71. The van der Waals surface area contributed by atoms with Crippen LogP contribution in [0.5, 0.6) is 0 Å². The summed E-state index contributed by atoms with van der Waals surface area (Å²) in [6.07, 6.45) is 0.272. The van der Waals surface area contributed by atoms with Gasteiger partial charge < -0.3 is 14.5 Å². The number of aromatic nitrogens is 4. The largest absolute Gasteiger partial charge is 0.456 e. The molecule has 0 saturated heterocycles. The molecule has 1 aromatic carbocycles. The molecule has 2 heterocycles. The highest BCUT2D eigenvalue weighted by atomic mass is 16.5. The lowest BCUT2D eigenvalue weighted by Gasteiger charge is -2.06. The van der Waals surface area contributed by atoms with Crippen molar-refractivity contribution in [2.75, 3.05) is 11.9 Å². The second-order valence-electron chi connectivity index (χ2n) is 6.37. The number of carbonyl (C=O) groups is 2. The summed E-state index contributed by atoms with van der Waals surface area (Å²) in [5, 5.41) is 14.7. The van der Waals surface area contributed by atoms with E-state index >= 15 is 0 Å². The molecule has 146 valence electrons. The summed E-state index contributed by atoms with van der Waals surface area (Å²) in [5.41, 5.74) is 2.72. The van der Waals surface area contributed by atoms with E-state index in [-0.39, 0.29) is 19.4 Å². The van der Waals surface area contributed by atoms with E-state index in [1.807, 2.05) is 38.1 Å². The summed E-state index contributed by atoms with van der Waals surface area (Å²) in [4.78, 5) is 23.7. The molecule has 0 spiro atoms. The van der Waals surface area contributed by atoms with Gasteiger partial charge in [0.25, 0.3) is 5.91 Å². The fourth-order valence-electron chi connectivity index (χ4n) is 2.50. The van der Waals surface area contributed by atoms with Crippen molar-refractivity contribution in [3.8, 4) is 11.5 Å². The third-order valence-electron chi connectivity index (χ3n) is 3.94. The van der Waals surface area contributed by atoms with Crippen molar-refractivity contribution in [1.82, 2.24) is 20.0 Å². The smallest absolute Gasteiger partial charge is 0.306 e. The molecule has 0 aliphatic rings. The lowest BCUT2D eigenvalue weighted by Crippen LogP contribution is -2.22.